The zero-order valence-electron chi connectivity index (χ0n) is 8.79. The molecule has 1 N–H and O–H groups in total. The number of allylic oxidation sites excluding steroid dienone is 1. The molecule has 1 aliphatic heterocycles. The summed E-state index contributed by atoms with van der Waals surface area (Å²) >= 11 is 1.48. The standard InChI is InChI=1S/C10H15N3S/c1-5-14-10(11-4)9-12-6-7(2)8(3)13-9/h5H,1,6H2,2-4H3,(H,12,13). The van der Waals surface area contributed by atoms with E-state index in [9.17, 15) is 0 Å². The molecular formula is C10H15N3S. The smallest absolute Gasteiger partial charge is 0.158 e. The van der Waals surface area contributed by atoms with E-state index in [0.717, 1.165) is 17.4 Å². The van der Waals surface area contributed by atoms with Gasteiger partial charge in [-0.25, -0.2) is 0 Å². The fraction of sp³-hybridized carbons (Fsp3) is 0.400. The molecule has 3 nitrogen and oxygen atoms in total. The SMILES string of the molecule is C=CSC(=NC)C1=NCC(C)=C(C)N1. The average molecular weight is 209 g/mol. The van der Waals surface area contributed by atoms with E-state index >= 15 is 0 Å². The van der Waals surface area contributed by atoms with Gasteiger partial charge in [0.25, 0.3) is 0 Å². The van der Waals surface area contributed by atoms with Gasteiger partial charge in [-0.3, -0.25) is 9.98 Å². The van der Waals surface area contributed by atoms with Crippen LogP contribution in [-0.4, -0.2) is 24.5 Å². The van der Waals surface area contributed by atoms with Crippen molar-refractivity contribution in [3.63, 3.8) is 0 Å². The molecule has 1 rings (SSSR count). The van der Waals surface area contributed by atoms with Crippen LogP contribution in [0.25, 0.3) is 0 Å². The summed E-state index contributed by atoms with van der Waals surface area (Å²) in [7, 11) is 1.76. The molecule has 1 aliphatic rings. The first-order valence-electron chi connectivity index (χ1n) is 4.41. The van der Waals surface area contributed by atoms with Gasteiger partial charge in [0.1, 0.15) is 5.04 Å². The Kier molecular flexibility index (Phi) is 3.95. The Morgan fingerprint density at radius 1 is 1.64 bits per heavy atom. The van der Waals surface area contributed by atoms with Gasteiger partial charge in [0, 0.05) is 12.7 Å². The van der Waals surface area contributed by atoms with Gasteiger partial charge >= 0.3 is 0 Å². The number of hydrogen-bond donors (Lipinski definition) is 1. The second-order valence-electron chi connectivity index (χ2n) is 3.01. The first kappa shape index (κ1) is 11.0. The molecule has 0 amide bonds. The number of aliphatic imine (C=N–C) groups is 2. The highest BCUT2D eigenvalue weighted by atomic mass is 32.2. The average Bonchev–Trinajstić information content (AvgIpc) is 2.19. The first-order valence-corrected chi connectivity index (χ1v) is 5.29. The zero-order valence-corrected chi connectivity index (χ0v) is 9.61. The third kappa shape index (κ3) is 2.48. The van der Waals surface area contributed by atoms with E-state index < -0.39 is 0 Å². The molecule has 14 heavy (non-hydrogen) atoms. The van der Waals surface area contributed by atoms with Gasteiger partial charge in [0.05, 0.1) is 6.54 Å². The fourth-order valence-electron chi connectivity index (χ4n) is 1.05. The largest absolute Gasteiger partial charge is 0.342 e. The summed E-state index contributed by atoms with van der Waals surface area (Å²) < 4.78 is 0. The number of nitrogens with zero attached hydrogens (tertiary/aromatic N) is 2. The number of rotatable bonds is 2. The molecule has 0 aromatic carbocycles. The Labute approximate surface area is 89.1 Å². The van der Waals surface area contributed by atoms with Crippen LogP contribution in [0, 0.1) is 0 Å². The molecule has 0 aromatic rings. The predicted molar refractivity (Wildman–Crippen MR) is 65.0 cm³/mol. The van der Waals surface area contributed by atoms with Gasteiger partial charge in [-0.15, -0.1) is 0 Å². The van der Waals surface area contributed by atoms with Gasteiger partial charge in [-0.1, -0.05) is 18.3 Å². The van der Waals surface area contributed by atoms with Crippen LogP contribution in [0.15, 0.2) is 33.2 Å². The molecule has 0 fully saturated rings. The summed E-state index contributed by atoms with van der Waals surface area (Å²) in [6.07, 6.45) is 0. The van der Waals surface area contributed by atoms with E-state index in [0.29, 0.717) is 0 Å². The van der Waals surface area contributed by atoms with Crippen LogP contribution in [0.2, 0.25) is 0 Å². The van der Waals surface area contributed by atoms with Crippen molar-refractivity contribution in [2.24, 2.45) is 9.98 Å². The Hall–Kier alpha value is -1.03. The first-order chi connectivity index (χ1) is 6.69. The molecule has 0 aromatic heterocycles. The second kappa shape index (κ2) is 5.00. The Morgan fingerprint density at radius 3 is 2.86 bits per heavy atom. The van der Waals surface area contributed by atoms with Crippen molar-refractivity contribution < 1.29 is 0 Å². The minimum atomic E-state index is 0.755. The van der Waals surface area contributed by atoms with Crippen molar-refractivity contribution in [1.82, 2.24) is 5.32 Å². The second-order valence-corrected chi connectivity index (χ2v) is 3.96. The molecule has 0 radical (unpaired) electrons. The van der Waals surface area contributed by atoms with Gasteiger partial charge in [0.15, 0.2) is 5.84 Å². The van der Waals surface area contributed by atoms with Crippen molar-refractivity contribution in [3.8, 4) is 0 Å². The Bertz CT molecular complexity index is 326. The molecule has 0 bridgehead atoms. The molecule has 0 aliphatic carbocycles. The van der Waals surface area contributed by atoms with Crippen LogP contribution in [0.4, 0.5) is 0 Å². The lowest BCUT2D eigenvalue weighted by molar-refractivity contribution is 0.961. The van der Waals surface area contributed by atoms with E-state index in [-0.39, 0.29) is 0 Å². The third-order valence-corrected chi connectivity index (χ3v) is 2.79. The Balaban J connectivity index is 2.77. The van der Waals surface area contributed by atoms with Crippen LogP contribution in [0.3, 0.4) is 0 Å². The number of thioether (sulfide) groups is 1. The third-order valence-electron chi connectivity index (χ3n) is 2.02. The molecule has 0 saturated carbocycles. The summed E-state index contributed by atoms with van der Waals surface area (Å²) in [6, 6.07) is 0. The zero-order chi connectivity index (χ0) is 10.6. The summed E-state index contributed by atoms with van der Waals surface area (Å²) in [5.74, 6) is 0.848. The molecule has 0 unspecified atom stereocenters. The van der Waals surface area contributed by atoms with Crippen molar-refractivity contribution in [2.75, 3.05) is 13.6 Å². The highest BCUT2D eigenvalue weighted by Gasteiger charge is 2.12. The van der Waals surface area contributed by atoms with E-state index in [4.69, 9.17) is 0 Å². The quantitative estimate of drug-likeness (QED) is 0.559. The molecule has 0 atom stereocenters. The van der Waals surface area contributed by atoms with Crippen LogP contribution < -0.4 is 5.32 Å². The summed E-state index contributed by atoms with van der Waals surface area (Å²) in [5, 5.41) is 5.87. The van der Waals surface area contributed by atoms with Gasteiger partial charge in [-0.05, 0) is 24.8 Å². The van der Waals surface area contributed by atoms with E-state index in [1.165, 1.54) is 23.0 Å². The molecule has 4 heteroatoms. The lowest BCUT2D eigenvalue weighted by Crippen LogP contribution is -2.32. The van der Waals surface area contributed by atoms with E-state index in [2.05, 4.69) is 35.7 Å². The predicted octanol–water partition coefficient (Wildman–Crippen LogP) is 2.19. The lowest BCUT2D eigenvalue weighted by Gasteiger charge is -2.17. The van der Waals surface area contributed by atoms with Gasteiger partial charge in [0.2, 0.25) is 0 Å². The van der Waals surface area contributed by atoms with Crippen molar-refractivity contribution in [3.05, 3.63) is 23.3 Å². The van der Waals surface area contributed by atoms with E-state index in [1.54, 1.807) is 12.5 Å². The van der Waals surface area contributed by atoms with Crippen molar-refractivity contribution >= 4 is 22.6 Å². The molecule has 1 heterocycles. The summed E-state index contributed by atoms with van der Waals surface area (Å²) in [5.41, 5.74) is 2.44. The van der Waals surface area contributed by atoms with Crippen LogP contribution in [0.5, 0.6) is 0 Å². The molecule has 76 valence electrons. The minimum absolute atomic E-state index is 0.755. The lowest BCUT2D eigenvalue weighted by atomic mass is 10.2. The summed E-state index contributed by atoms with van der Waals surface area (Å²) in [6.45, 7) is 8.55. The highest BCUT2D eigenvalue weighted by molar-refractivity contribution is 8.18. The molecular weight excluding hydrogens is 194 g/mol. The normalized spacial score (nSPS) is 17.6. The number of nitrogens with one attached hydrogen (secondary N) is 1. The van der Waals surface area contributed by atoms with Crippen molar-refractivity contribution in [2.45, 2.75) is 13.8 Å². The summed E-state index contributed by atoms with van der Waals surface area (Å²) in [4.78, 5) is 8.55. The van der Waals surface area contributed by atoms with Crippen LogP contribution in [0.1, 0.15) is 13.8 Å². The van der Waals surface area contributed by atoms with E-state index in [1.807, 2.05) is 0 Å². The fourth-order valence-corrected chi connectivity index (χ4v) is 1.54. The molecule has 0 spiro atoms. The van der Waals surface area contributed by atoms with Crippen LogP contribution >= 0.6 is 11.8 Å². The molecule has 0 saturated heterocycles. The topological polar surface area (TPSA) is 36.8 Å². The number of amidine groups is 1. The van der Waals surface area contributed by atoms with Gasteiger partial charge in [-0.2, -0.15) is 0 Å². The van der Waals surface area contributed by atoms with Gasteiger partial charge < -0.3 is 5.32 Å². The monoisotopic (exact) mass is 209 g/mol. The maximum Gasteiger partial charge on any atom is 0.158 e. The van der Waals surface area contributed by atoms with Crippen LogP contribution in [-0.2, 0) is 0 Å². The van der Waals surface area contributed by atoms with Crippen molar-refractivity contribution in [1.29, 1.82) is 0 Å². The number of hydrogen-bond acceptors (Lipinski definition) is 4. The minimum Gasteiger partial charge on any atom is -0.342 e. The highest BCUT2D eigenvalue weighted by Crippen LogP contribution is 2.11. The maximum atomic E-state index is 4.40. The Morgan fingerprint density at radius 2 is 2.36 bits per heavy atom. The maximum absolute atomic E-state index is 4.40.